The molecule has 0 aliphatic carbocycles. The fraction of sp³-hybridized carbons (Fsp3) is 0.156. The third-order valence-corrected chi connectivity index (χ3v) is 8.30. The molecule has 4 aromatic rings. The highest BCUT2D eigenvalue weighted by atomic mass is 32.2. The number of ether oxygens (including phenoxy) is 1. The number of hydrogen-bond acceptors (Lipinski definition) is 7. The first-order valence-corrected chi connectivity index (χ1v) is 15.1. The number of rotatable bonds is 9. The summed E-state index contributed by atoms with van der Waals surface area (Å²) < 4.78 is 34.6. The second-order valence-electron chi connectivity index (χ2n) is 9.75. The zero-order valence-electron chi connectivity index (χ0n) is 23.1. The number of nitriles is 1. The highest BCUT2D eigenvalue weighted by Crippen LogP contribution is 2.31. The lowest BCUT2D eigenvalue weighted by molar-refractivity contribution is -0.130. The Hall–Kier alpha value is -5.34. The largest absolute Gasteiger partial charge is 0.455 e. The molecule has 0 spiro atoms. The van der Waals surface area contributed by atoms with Crippen molar-refractivity contribution in [1.29, 1.82) is 5.26 Å². The molecule has 1 heterocycles. The van der Waals surface area contributed by atoms with Crippen molar-refractivity contribution in [2.24, 2.45) is 0 Å². The zero-order valence-corrected chi connectivity index (χ0v) is 24.0. The summed E-state index contributed by atoms with van der Waals surface area (Å²) in [5, 5.41) is 11.6. The summed E-state index contributed by atoms with van der Waals surface area (Å²) >= 11 is 0. The van der Waals surface area contributed by atoms with Crippen LogP contribution in [0.5, 0.6) is 11.5 Å². The van der Waals surface area contributed by atoms with E-state index in [4.69, 9.17) is 10.00 Å². The van der Waals surface area contributed by atoms with Crippen molar-refractivity contribution in [2.75, 3.05) is 42.3 Å². The average molecular weight is 596 g/mol. The molecule has 218 valence electrons. The van der Waals surface area contributed by atoms with Crippen molar-refractivity contribution < 1.29 is 22.7 Å². The van der Waals surface area contributed by atoms with Gasteiger partial charge in [-0.15, -0.1) is 0 Å². The van der Waals surface area contributed by atoms with E-state index in [0.717, 1.165) is 5.69 Å². The predicted octanol–water partition coefficient (Wildman–Crippen LogP) is 4.23. The van der Waals surface area contributed by atoms with Crippen LogP contribution in [0.2, 0.25) is 0 Å². The number of benzene rings is 4. The molecule has 2 N–H and O–H groups in total. The Morgan fingerprint density at radius 3 is 2.14 bits per heavy atom. The molecule has 10 nitrogen and oxygen atoms in total. The molecule has 0 bridgehead atoms. The van der Waals surface area contributed by atoms with Gasteiger partial charge in [-0.1, -0.05) is 30.3 Å². The monoisotopic (exact) mass is 595 g/mol. The highest BCUT2D eigenvalue weighted by molar-refractivity contribution is 7.92. The summed E-state index contributed by atoms with van der Waals surface area (Å²) in [6.45, 7) is 2.12. The van der Waals surface area contributed by atoms with E-state index < -0.39 is 15.9 Å². The molecule has 43 heavy (non-hydrogen) atoms. The average Bonchev–Trinajstić information content (AvgIpc) is 3.05. The van der Waals surface area contributed by atoms with E-state index in [1.54, 1.807) is 53.4 Å². The molecule has 1 fully saturated rings. The minimum Gasteiger partial charge on any atom is -0.455 e. The number of para-hydroxylation sites is 3. The van der Waals surface area contributed by atoms with Crippen LogP contribution in [-0.2, 0) is 14.8 Å². The van der Waals surface area contributed by atoms with Gasteiger partial charge in [-0.05, 0) is 72.8 Å². The Balaban J connectivity index is 1.13. The van der Waals surface area contributed by atoms with Gasteiger partial charge in [0.25, 0.3) is 15.9 Å². The van der Waals surface area contributed by atoms with Crippen LogP contribution < -0.4 is 19.7 Å². The van der Waals surface area contributed by atoms with Gasteiger partial charge >= 0.3 is 0 Å². The molecule has 0 atom stereocenters. The number of nitrogens with one attached hydrogen (secondary N) is 2. The highest BCUT2D eigenvalue weighted by Gasteiger charge is 2.22. The van der Waals surface area contributed by atoms with Crippen LogP contribution in [0.15, 0.2) is 108 Å². The van der Waals surface area contributed by atoms with Gasteiger partial charge in [0.2, 0.25) is 5.91 Å². The minimum atomic E-state index is -3.98. The van der Waals surface area contributed by atoms with Crippen LogP contribution in [0.4, 0.5) is 11.4 Å². The SMILES string of the molecule is N#Cc1ccc(N2CCN(C(=O)CNC(=O)c3ccc(S(=O)(=O)Nc4ccccc4Oc4ccccc4)cc3)CC2)cc1. The topological polar surface area (TPSA) is 132 Å². The van der Waals surface area contributed by atoms with Gasteiger partial charge in [0.05, 0.1) is 28.8 Å². The molecule has 5 rings (SSSR count). The maximum atomic E-state index is 13.1. The van der Waals surface area contributed by atoms with Gasteiger partial charge in [-0.3, -0.25) is 14.3 Å². The van der Waals surface area contributed by atoms with E-state index in [1.165, 1.54) is 24.3 Å². The maximum Gasteiger partial charge on any atom is 0.262 e. The number of sulfonamides is 1. The van der Waals surface area contributed by atoms with E-state index >= 15 is 0 Å². The number of anilines is 2. The van der Waals surface area contributed by atoms with Gasteiger partial charge in [-0.25, -0.2) is 8.42 Å². The van der Waals surface area contributed by atoms with E-state index in [0.29, 0.717) is 43.2 Å². The first-order valence-electron chi connectivity index (χ1n) is 13.6. The second kappa shape index (κ2) is 13.1. The van der Waals surface area contributed by atoms with E-state index in [1.807, 2.05) is 30.3 Å². The van der Waals surface area contributed by atoms with Gasteiger partial charge < -0.3 is 19.9 Å². The lowest BCUT2D eigenvalue weighted by Gasteiger charge is -2.36. The molecule has 1 aliphatic rings. The van der Waals surface area contributed by atoms with Crippen LogP contribution in [-0.4, -0.2) is 57.9 Å². The first-order chi connectivity index (χ1) is 20.8. The van der Waals surface area contributed by atoms with E-state index in [2.05, 4.69) is 21.0 Å². The van der Waals surface area contributed by atoms with Crippen LogP contribution in [0.25, 0.3) is 0 Å². The zero-order chi connectivity index (χ0) is 30.2. The van der Waals surface area contributed by atoms with Crippen molar-refractivity contribution in [2.45, 2.75) is 4.90 Å². The molecule has 1 saturated heterocycles. The van der Waals surface area contributed by atoms with Gasteiger partial charge in [0.1, 0.15) is 5.75 Å². The van der Waals surface area contributed by atoms with Crippen molar-refractivity contribution in [3.05, 3.63) is 114 Å². The number of amides is 2. The van der Waals surface area contributed by atoms with Gasteiger partial charge in [-0.2, -0.15) is 5.26 Å². The molecular weight excluding hydrogens is 566 g/mol. The van der Waals surface area contributed by atoms with Gasteiger partial charge in [0, 0.05) is 37.4 Å². The maximum absolute atomic E-state index is 13.1. The second-order valence-corrected chi connectivity index (χ2v) is 11.4. The Morgan fingerprint density at radius 2 is 1.47 bits per heavy atom. The van der Waals surface area contributed by atoms with Crippen LogP contribution in [0, 0.1) is 11.3 Å². The fourth-order valence-corrected chi connectivity index (χ4v) is 5.65. The lowest BCUT2D eigenvalue weighted by Crippen LogP contribution is -2.51. The predicted molar refractivity (Wildman–Crippen MR) is 162 cm³/mol. The number of hydrogen-bond donors (Lipinski definition) is 2. The van der Waals surface area contributed by atoms with Crippen LogP contribution in [0.1, 0.15) is 15.9 Å². The molecule has 11 heteroatoms. The number of piperazine rings is 1. The lowest BCUT2D eigenvalue weighted by atomic mass is 10.2. The number of nitrogens with zero attached hydrogens (tertiary/aromatic N) is 3. The summed E-state index contributed by atoms with van der Waals surface area (Å²) in [6, 6.07) is 30.6. The van der Waals surface area contributed by atoms with Crippen LogP contribution >= 0.6 is 0 Å². The molecule has 2 amide bonds. The van der Waals surface area contributed by atoms with Crippen molar-refractivity contribution >= 4 is 33.2 Å². The van der Waals surface area contributed by atoms with E-state index in [9.17, 15) is 18.0 Å². The van der Waals surface area contributed by atoms with Crippen molar-refractivity contribution in [1.82, 2.24) is 10.2 Å². The third kappa shape index (κ3) is 7.30. The summed E-state index contributed by atoms with van der Waals surface area (Å²) in [7, 11) is -3.98. The summed E-state index contributed by atoms with van der Waals surface area (Å²) in [4.78, 5) is 29.2. The molecular formula is C32H29N5O5S. The number of carbonyl (C=O) groups excluding carboxylic acids is 2. The molecule has 0 radical (unpaired) electrons. The minimum absolute atomic E-state index is 0.0326. The Kier molecular flexibility index (Phi) is 8.88. The fourth-order valence-electron chi connectivity index (χ4n) is 4.58. The Bertz CT molecular complexity index is 1730. The number of carbonyl (C=O) groups is 2. The standard InChI is InChI=1S/C32H29N5O5S/c33-22-24-10-14-26(15-11-24)36-18-20-37(21-19-36)31(38)23-34-32(39)25-12-16-28(17-13-25)43(40,41)35-29-8-4-5-9-30(29)42-27-6-2-1-3-7-27/h1-17,35H,18-21,23H2,(H,34,39). The Labute approximate surface area is 250 Å². The van der Waals surface area contributed by atoms with Crippen LogP contribution in [0.3, 0.4) is 0 Å². The first kappa shape index (κ1) is 29.2. The van der Waals surface area contributed by atoms with Gasteiger partial charge in [0.15, 0.2) is 5.75 Å². The summed E-state index contributed by atoms with van der Waals surface area (Å²) in [6.07, 6.45) is 0. The quantitative estimate of drug-likeness (QED) is 0.296. The van der Waals surface area contributed by atoms with Crippen molar-refractivity contribution in [3.63, 3.8) is 0 Å². The molecule has 0 aromatic heterocycles. The third-order valence-electron chi connectivity index (χ3n) is 6.92. The summed E-state index contributed by atoms with van der Waals surface area (Å²) in [5.74, 6) is 0.220. The Morgan fingerprint density at radius 1 is 0.814 bits per heavy atom. The molecule has 0 unspecified atom stereocenters. The van der Waals surface area contributed by atoms with E-state index in [-0.39, 0.29) is 28.6 Å². The normalized spacial score (nSPS) is 13.1. The smallest absolute Gasteiger partial charge is 0.262 e. The molecule has 1 aliphatic heterocycles. The summed E-state index contributed by atoms with van der Waals surface area (Å²) in [5.41, 5.74) is 2.08. The van der Waals surface area contributed by atoms with Crippen molar-refractivity contribution in [3.8, 4) is 17.6 Å². The molecule has 4 aromatic carbocycles. The molecule has 0 saturated carbocycles.